The summed E-state index contributed by atoms with van der Waals surface area (Å²) in [4.78, 5) is 2.36. The van der Waals surface area contributed by atoms with Crippen molar-refractivity contribution in [2.75, 3.05) is 4.90 Å². The van der Waals surface area contributed by atoms with E-state index in [-0.39, 0.29) is 0 Å². The van der Waals surface area contributed by atoms with Gasteiger partial charge in [0.05, 0.1) is 11.0 Å². The predicted molar refractivity (Wildman–Crippen MR) is 280 cm³/mol. The molecule has 66 heavy (non-hydrogen) atoms. The Kier molecular flexibility index (Phi) is 9.89. The van der Waals surface area contributed by atoms with Gasteiger partial charge in [0.15, 0.2) is 0 Å². The van der Waals surface area contributed by atoms with E-state index in [0.29, 0.717) is 0 Å². The zero-order valence-corrected chi connectivity index (χ0v) is 36.3. The van der Waals surface area contributed by atoms with Crippen molar-refractivity contribution in [2.45, 2.75) is 0 Å². The van der Waals surface area contributed by atoms with Crippen LogP contribution in [0.2, 0.25) is 0 Å². The van der Waals surface area contributed by atoms with Gasteiger partial charge in [-0.3, -0.25) is 0 Å². The lowest BCUT2D eigenvalue weighted by molar-refractivity contribution is 1.18. The summed E-state index contributed by atoms with van der Waals surface area (Å²) in [5, 5.41) is 5.03. The molecule has 0 aliphatic rings. The lowest BCUT2D eigenvalue weighted by Crippen LogP contribution is -2.09. The Morgan fingerprint density at radius 3 is 1.03 bits per heavy atom. The molecule has 11 aromatic carbocycles. The van der Waals surface area contributed by atoms with E-state index >= 15 is 0 Å². The molecule has 0 saturated heterocycles. The molecule has 0 radical (unpaired) electrons. The Morgan fingerprint density at radius 1 is 0.242 bits per heavy atom. The number of para-hydroxylation sites is 2. The summed E-state index contributed by atoms with van der Waals surface area (Å²) in [5.74, 6) is 0. The highest BCUT2D eigenvalue weighted by Crippen LogP contribution is 2.41. The van der Waals surface area contributed by atoms with Crippen LogP contribution >= 0.6 is 0 Å². The Bertz CT molecular complexity index is 3570. The van der Waals surface area contributed by atoms with Gasteiger partial charge in [0.1, 0.15) is 0 Å². The molecule has 12 rings (SSSR count). The van der Waals surface area contributed by atoms with Crippen LogP contribution in [0.15, 0.2) is 267 Å². The second-order valence-corrected chi connectivity index (χ2v) is 16.9. The number of hydrogen-bond acceptors (Lipinski definition) is 1. The molecule has 0 aliphatic carbocycles. The van der Waals surface area contributed by atoms with Gasteiger partial charge >= 0.3 is 0 Å². The number of anilines is 3. The summed E-state index contributed by atoms with van der Waals surface area (Å²) in [6.07, 6.45) is 0. The van der Waals surface area contributed by atoms with Gasteiger partial charge in [-0.25, -0.2) is 0 Å². The lowest BCUT2D eigenvalue weighted by Gasteiger charge is -2.26. The van der Waals surface area contributed by atoms with Gasteiger partial charge < -0.3 is 9.47 Å². The maximum absolute atomic E-state index is 2.37. The van der Waals surface area contributed by atoms with Gasteiger partial charge in [0, 0.05) is 33.5 Å². The Morgan fingerprint density at radius 2 is 0.576 bits per heavy atom. The SMILES string of the molecule is c1ccc(-c2ccc(-c3ccc(N(c4ccc(-c5ccc(-n6c7ccccc7c7ccccc76)cc5)cc4)c4ccc(-c5cccc6cccc(-c7ccccc7)c56)cc4)cc3)cc2)cc1. The van der Waals surface area contributed by atoms with Gasteiger partial charge in [0.25, 0.3) is 0 Å². The van der Waals surface area contributed by atoms with E-state index in [1.165, 1.54) is 88.2 Å². The highest BCUT2D eigenvalue weighted by atomic mass is 15.1. The third kappa shape index (κ3) is 7.12. The van der Waals surface area contributed by atoms with Gasteiger partial charge in [0.2, 0.25) is 0 Å². The van der Waals surface area contributed by atoms with Crippen LogP contribution in [-0.2, 0) is 0 Å². The van der Waals surface area contributed by atoms with Gasteiger partial charge in [-0.15, -0.1) is 0 Å². The van der Waals surface area contributed by atoms with Gasteiger partial charge in [-0.2, -0.15) is 0 Å². The lowest BCUT2D eigenvalue weighted by atomic mass is 9.91. The van der Waals surface area contributed by atoms with E-state index < -0.39 is 0 Å². The first kappa shape index (κ1) is 38.9. The molecule has 0 aliphatic heterocycles. The van der Waals surface area contributed by atoms with Crippen LogP contribution in [0.5, 0.6) is 0 Å². The molecule has 0 atom stereocenters. The normalized spacial score (nSPS) is 11.3. The standard InChI is InChI=1S/C64H44N2/c1-3-13-45(14-4-1)46-25-27-47(28-26-46)48-29-37-54(38-30-48)65(56-43-35-52(36-44-56)59-22-12-18-53-17-11-21-58(64(53)59)51-15-5-2-6-16-51)55-39-31-49(32-40-55)50-33-41-57(42-34-50)66-62-23-9-7-19-60(62)61-20-8-10-24-63(61)66/h1-44H. The van der Waals surface area contributed by atoms with Crippen molar-refractivity contribution in [2.24, 2.45) is 0 Å². The zero-order valence-electron chi connectivity index (χ0n) is 36.3. The molecule has 0 saturated carbocycles. The Balaban J connectivity index is 0.896. The minimum atomic E-state index is 1.09. The number of fused-ring (bicyclic) bond motifs is 4. The van der Waals surface area contributed by atoms with Crippen LogP contribution in [0.1, 0.15) is 0 Å². The minimum Gasteiger partial charge on any atom is -0.311 e. The van der Waals surface area contributed by atoms with Crippen molar-refractivity contribution in [3.63, 3.8) is 0 Å². The summed E-state index contributed by atoms with van der Waals surface area (Å²) in [5.41, 5.74) is 18.9. The summed E-state index contributed by atoms with van der Waals surface area (Å²) in [6, 6.07) is 96.7. The number of rotatable bonds is 9. The quantitative estimate of drug-likeness (QED) is 0.141. The summed E-state index contributed by atoms with van der Waals surface area (Å²) in [6.45, 7) is 0. The van der Waals surface area contributed by atoms with E-state index in [1.807, 2.05) is 0 Å². The molecule has 0 amide bonds. The van der Waals surface area contributed by atoms with Crippen molar-refractivity contribution in [1.29, 1.82) is 0 Å². The van der Waals surface area contributed by atoms with E-state index in [0.717, 1.165) is 22.7 Å². The number of nitrogens with zero attached hydrogens (tertiary/aromatic N) is 2. The monoisotopic (exact) mass is 840 g/mol. The molecule has 0 N–H and O–H groups in total. The average Bonchev–Trinajstić information content (AvgIpc) is 3.74. The predicted octanol–water partition coefficient (Wildman–Crippen LogP) is 17.7. The maximum Gasteiger partial charge on any atom is 0.0541 e. The average molecular weight is 841 g/mol. The third-order valence-corrected chi connectivity index (χ3v) is 13.0. The molecule has 0 spiro atoms. The number of hydrogen-bond donors (Lipinski definition) is 0. The van der Waals surface area contributed by atoms with E-state index in [4.69, 9.17) is 0 Å². The topological polar surface area (TPSA) is 8.17 Å². The first-order chi connectivity index (χ1) is 32.7. The van der Waals surface area contributed by atoms with Crippen molar-refractivity contribution in [3.8, 4) is 61.3 Å². The second-order valence-electron chi connectivity index (χ2n) is 16.9. The summed E-state index contributed by atoms with van der Waals surface area (Å²) < 4.78 is 2.37. The second kappa shape index (κ2) is 16.8. The zero-order chi connectivity index (χ0) is 43.8. The molecule has 310 valence electrons. The molecule has 2 heteroatoms. The van der Waals surface area contributed by atoms with E-state index in [2.05, 4.69) is 276 Å². The molecule has 0 fully saturated rings. The summed E-state index contributed by atoms with van der Waals surface area (Å²) in [7, 11) is 0. The fraction of sp³-hybridized carbons (Fsp3) is 0. The maximum atomic E-state index is 2.37. The fourth-order valence-electron chi connectivity index (χ4n) is 9.77. The van der Waals surface area contributed by atoms with Crippen molar-refractivity contribution >= 4 is 49.6 Å². The number of benzene rings is 11. The third-order valence-electron chi connectivity index (χ3n) is 13.0. The van der Waals surface area contributed by atoms with Crippen molar-refractivity contribution in [3.05, 3.63) is 267 Å². The van der Waals surface area contributed by atoms with Crippen molar-refractivity contribution < 1.29 is 0 Å². The Labute approximate surface area is 385 Å². The first-order valence-electron chi connectivity index (χ1n) is 22.7. The molecule has 2 nitrogen and oxygen atoms in total. The van der Waals surface area contributed by atoms with Crippen LogP contribution in [0.4, 0.5) is 17.1 Å². The van der Waals surface area contributed by atoms with Crippen LogP contribution in [0.3, 0.4) is 0 Å². The van der Waals surface area contributed by atoms with Gasteiger partial charge in [-0.05, 0) is 127 Å². The highest BCUT2D eigenvalue weighted by Gasteiger charge is 2.17. The largest absolute Gasteiger partial charge is 0.311 e. The number of aromatic nitrogens is 1. The van der Waals surface area contributed by atoms with Crippen LogP contribution in [-0.4, -0.2) is 4.57 Å². The van der Waals surface area contributed by atoms with Crippen LogP contribution < -0.4 is 4.90 Å². The van der Waals surface area contributed by atoms with Crippen molar-refractivity contribution in [1.82, 2.24) is 4.57 Å². The molecular formula is C64H44N2. The highest BCUT2D eigenvalue weighted by molar-refractivity contribution is 6.09. The Hall–Kier alpha value is -8.72. The minimum absolute atomic E-state index is 1.09. The smallest absolute Gasteiger partial charge is 0.0541 e. The van der Waals surface area contributed by atoms with Gasteiger partial charge in [-0.1, -0.05) is 206 Å². The fourth-order valence-corrected chi connectivity index (χ4v) is 9.77. The molecule has 1 aromatic heterocycles. The summed E-state index contributed by atoms with van der Waals surface area (Å²) >= 11 is 0. The molecule has 0 unspecified atom stereocenters. The molecule has 12 aromatic rings. The van der Waals surface area contributed by atoms with E-state index in [9.17, 15) is 0 Å². The molecule has 0 bridgehead atoms. The molecular weight excluding hydrogens is 797 g/mol. The van der Waals surface area contributed by atoms with Crippen LogP contribution in [0, 0.1) is 0 Å². The van der Waals surface area contributed by atoms with Crippen LogP contribution in [0.25, 0.3) is 93.9 Å². The van der Waals surface area contributed by atoms with E-state index in [1.54, 1.807) is 0 Å². The first-order valence-corrected chi connectivity index (χ1v) is 22.7. The molecule has 1 heterocycles.